The van der Waals surface area contributed by atoms with E-state index in [1.54, 1.807) is 13.3 Å². The molecule has 0 fully saturated rings. The van der Waals surface area contributed by atoms with Crippen molar-refractivity contribution in [3.05, 3.63) is 64.5 Å². The van der Waals surface area contributed by atoms with Crippen molar-refractivity contribution in [2.24, 2.45) is 5.10 Å². The molecular weight excluding hydrogens is 318 g/mol. The number of aryl methyl sites for hydroxylation is 2. The summed E-state index contributed by atoms with van der Waals surface area (Å²) in [6, 6.07) is 14.1. The number of thiazole rings is 1. The Hall–Kier alpha value is -2.66. The lowest BCUT2D eigenvalue weighted by Gasteiger charge is -2.03. The summed E-state index contributed by atoms with van der Waals surface area (Å²) in [6.07, 6.45) is 1.73. The van der Waals surface area contributed by atoms with Crippen LogP contribution in [0.25, 0.3) is 11.3 Å². The van der Waals surface area contributed by atoms with Gasteiger partial charge in [0.1, 0.15) is 5.75 Å². The summed E-state index contributed by atoms with van der Waals surface area (Å²) in [5.41, 5.74) is 8.50. The molecule has 24 heavy (non-hydrogen) atoms. The molecule has 0 saturated heterocycles. The average Bonchev–Trinajstić information content (AvgIpc) is 3.04. The molecule has 0 amide bonds. The lowest BCUT2D eigenvalue weighted by Crippen LogP contribution is -1.93. The van der Waals surface area contributed by atoms with Crippen LogP contribution in [-0.2, 0) is 0 Å². The molecule has 3 rings (SSSR count). The second-order valence-corrected chi connectivity index (χ2v) is 6.33. The highest BCUT2D eigenvalue weighted by molar-refractivity contribution is 7.14. The second-order valence-electron chi connectivity index (χ2n) is 5.47. The molecule has 0 atom stereocenters. The number of aromatic nitrogens is 1. The van der Waals surface area contributed by atoms with E-state index in [4.69, 9.17) is 4.74 Å². The summed E-state index contributed by atoms with van der Waals surface area (Å²) in [5, 5.41) is 7.06. The van der Waals surface area contributed by atoms with Gasteiger partial charge in [-0.25, -0.2) is 4.98 Å². The molecule has 1 heterocycles. The molecule has 0 bridgehead atoms. The van der Waals surface area contributed by atoms with Gasteiger partial charge in [0.25, 0.3) is 0 Å². The SMILES string of the molecule is COc1ccccc1/C=N/Nc1nc(-c2ccc(C)cc2C)cs1. The normalized spacial score (nSPS) is 11.0. The fourth-order valence-electron chi connectivity index (χ4n) is 2.48. The number of para-hydroxylation sites is 1. The molecule has 0 unspecified atom stereocenters. The number of anilines is 1. The highest BCUT2D eigenvalue weighted by Gasteiger charge is 2.07. The number of benzene rings is 2. The molecule has 5 heteroatoms. The minimum Gasteiger partial charge on any atom is -0.496 e. The van der Waals surface area contributed by atoms with Crippen molar-refractivity contribution in [2.75, 3.05) is 12.5 Å². The van der Waals surface area contributed by atoms with Gasteiger partial charge in [0, 0.05) is 16.5 Å². The first kappa shape index (κ1) is 16.2. The fraction of sp³-hybridized carbons (Fsp3) is 0.158. The van der Waals surface area contributed by atoms with E-state index >= 15 is 0 Å². The van der Waals surface area contributed by atoms with E-state index < -0.39 is 0 Å². The topological polar surface area (TPSA) is 46.5 Å². The van der Waals surface area contributed by atoms with Gasteiger partial charge in [-0.05, 0) is 31.5 Å². The summed E-state index contributed by atoms with van der Waals surface area (Å²) in [7, 11) is 1.65. The third kappa shape index (κ3) is 3.63. The quantitative estimate of drug-likeness (QED) is 0.533. The van der Waals surface area contributed by atoms with Crippen LogP contribution in [0.4, 0.5) is 5.13 Å². The van der Waals surface area contributed by atoms with Crippen molar-refractivity contribution in [3.63, 3.8) is 0 Å². The first-order valence-corrected chi connectivity index (χ1v) is 8.50. The minimum atomic E-state index is 0.760. The maximum absolute atomic E-state index is 5.30. The molecule has 3 aromatic rings. The molecule has 2 aromatic carbocycles. The van der Waals surface area contributed by atoms with Crippen LogP contribution < -0.4 is 10.2 Å². The second kappa shape index (κ2) is 7.27. The van der Waals surface area contributed by atoms with Crippen LogP contribution in [-0.4, -0.2) is 18.3 Å². The Kier molecular flexibility index (Phi) is 4.91. The predicted octanol–water partition coefficient (Wildman–Crippen LogP) is 4.88. The van der Waals surface area contributed by atoms with E-state index in [-0.39, 0.29) is 0 Å². The van der Waals surface area contributed by atoms with Crippen molar-refractivity contribution >= 4 is 22.7 Å². The van der Waals surface area contributed by atoms with E-state index in [0.29, 0.717) is 0 Å². The van der Waals surface area contributed by atoms with Crippen LogP contribution in [0.2, 0.25) is 0 Å². The van der Waals surface area contributed by atoms with Crippen LogP contribution >= 0.6 is 11.3 Å². The number of hydrogen-bond donors (Lipinski definition) is 1. The molecule has 0 aliphatic rings. The molecule has 122 valence electrons. The van der Waals surface area contributed by atoms with E-state index in [0.717, 1.165) is 27.7 Å². The molecule has 0 aliphatic carbocycles. The standard InChI is InChI=1S/C19H19N3OS/c1-13-8-9-16(14(2)10-13)17-12-24-19(21-17)22-20-11-15-6-4-5-7-18(15)23-3/h4-12H,1-3H3,(H,21,22)/b20-11+. The molecule has 1 N–H and O–H groups in total. The fourth-order valence-corrected chi connectivity index (χ4v) is 3.14. The van der Waals surface area contributed by atoms with E-state index in [9.17, 15) is 0 Å². The summed E-state index contributed by atoms with van der Waals surface area (Å²) < 4.78 is 5.30. The lowest BCUT2D eigenvalue weighted by atomic mass is 10.0. The number of hydrogen-bond acceptors (Lipinski definition) is 5. The first-order valence-electron chi connectivity index (χ1n) is 7.62. The predicted molar refractivity (Wildman–Crippen MR) is 101 cm³/mol. The molecule has 0 aliphatic heterocycles. The number of nitrogens with zero attached hydrogens (tertiary/aromatic N) is 2. The van der Waals surface area contributed by atoms with Gasteiger partial charge in [0.2, 0.25) is 5.13 Å². The van der Waals surface area contributed by atoms with Gasteiger partial charge in [-0.15, -0.1) is 11.3 Å². The summed E-state index contributed by atoms with van der Waals surface area (Å²) in [4.78, 5) is 4.61. The van der Waals surface area contributed by atoms with E-state index in [1.807, 2.05) is 29.6 Å². The average molecular weight is 337 g/mol. The van der Waals surface area contributed by atoms with Gasteiger partial charge in [0.15, 0.2) is 0 Å². The van der Waals surface area contributed by atoms with Crippen molar-refractivity contribution in [2.45, 2.75) is 13.8 Å². The molecular formula is C19H19N3OS. The Morgan fingerprint density at radius 2 is 2.00 bits per heavy atom. The largest absolute Gasteiger partial charge is 0.496 e. The van der Waals surface area contributed by atoms with E-state index in [2.05, 4.69) is 47.6 Å². The number of nitrogens with one attached hydrogen (secondary N) is 1. The van der Waals surface area contributed by atoms with Crippen LogP contribution in [0.5, 0.6) is 5.75 Å². The smallest absolute Gasteiger partial charge is 0.203 e. The van der Waals surface area contributed by atoms with Crippen LogP contribution in [0.15, 0.2) is 52.9 Å². The first-order chi connectivity index (χ1) is 11.7. The molecule has 0 radical (unpaired) electrons. The van der Waals surface area contributed by atoms with Crippen LogP contribution in [0.1, 0.15) is 16.7 Å². The van der Waals surface area contributed by atoms with Crippen LogP contribution in [0.3, 0.4) is 0 Å². The van der Waals surface area contributed by atoms with Gasteiger partial charge in [-0.3, -0.25) is 5.43 Å². The molecule has 0 spiro atoms. The highest BCUT2D eigenvalue weighted by Crippen LogP contribution is 2.28. The Morgan fingerprint density at radius 3 is 2.79 bits per heavy atom. The zero-order valence-electron chi connectivity index (χ0n) is 13.9. The van der Waals surface area contributed by atoms with Gasteiger partial charge < -0.3 is 4.74 Å². The van der Waals surface area contributed by atoms with Crippen molar-refractivity contribution in [1.29, 1.82) is 0 Å². The third-order valence-corrected chi connectivity index (χ3v) is 4.41. The Bertz CT molecular complexity index is 871. The zero-order chi connectivity index (χ0) is 16.9. The summed E-state index contributed by atoms with van der Waals surface area (Å²) >= 11 is 1.54. The molecule has 1 aromatic heterocycles. The number of ether oxygens (including phenoxy) is 1. The van der Waals surface area contributed by atoms with Gasteiger partial charge >= 0.3 is 0 Å². The maximum atomic E-state index is 5.30. The number of hydrazone groups is 1. The van der Waals surface area contributed by atoms with E-state index in [1.165, 1.54) is 22.5 Å². The van der Waals surface area contributed by atoms with Crippen molar-refractivity contribution in [1.82, 2.24) is 4.98 Å². The van der Waals surface area contributed by atoms with Crippen molar-refractivity contribution in [3.8, 4) is 17.0 Å². The lowest BCUT2D eigenvalue weighted by molar-refractivity contribution is 0.414. The summed E-state index contributed by atoms with van der Waals surface area (Å²) in [6.45, 7) is 4.20. The monoisotopic (exact) mass is 337 g/mol. The minimum absolute atomic E-state index is 0.760. The molecule has 4 nitrogen and oxygen atoms in total. The summed E-state index contributed by atoms with van der Waals surface area (Å²) in [5.74, 6) is 0.790. The van der Waals surface area contributed by atoms with Gasteiger partial charge in [-0.2, -0.15) is 5.10 Å². The Morgan fingerprint density at radius 1 is 1.17 bits per heavy atom. The number of methoxy groups -OCH3 is 1. The zero-order valence-corrected chi connectivity index (χ0v) is 14.7. The van der Waals surface area contributed by atoms with Gasteiger partial charge in [0.05, 0.1) is 19.0 Å². The number of rotatable bonds is 5. The van der Waals surface area contributed by atoms with Crippen LogP contribution in [0, 0.1) is 13.8 Å². The Labute approximate surface area is 145 Å². The maximum Gasteiger partial charge on any atom is 0.203 e. The molecule has 0 saturated carbocycles. The Balaban J connectivity index is 1.73. The van der Waals surface area contributed by atoms with Gasteiger partial charge in [-0.1, -0.05) is 35.9 Å². The third-order valence-electron chi connectivity index (χ3n) is 3.66. The highest BCUT2D eigenvalue weighted by atomic mass is 32.1. The van der Waals surface area contributed by atoms with Crippen molar-refractivity contribution < 1.29 is 4.74 Å².